The second-order valence-corrected chi connectivity index (χ2v) is 10.2. The Kier molecular flexibility index (Phi) is 7.64. The van der Waals surface area contributed by atoms with E-state index in [4.69, 9.17) is 27.9 Å². The molecular weight excluding hydrogens is 540 g/mol. The quantitative estimate of drug-likeness (QED) is 0.277. The van der Waals surface area contributed by atoms with Gasteiger partial charge in [0.1, 0.15) is 11.6 Å². The van der Waals surface area contributed by atoms with E-state index in [0.29, 0.717) is 70.2 Å². The first-order valence-electron chi connectivity index (χ1n) is 12.4. The third-order valence-electron chi connectivity index (χ3n) is 6.92. The summed E-state index contributed by atoms with van der Waals surface area (Å²) in [7, 11) is 1.59. The van der Waals surface area contributed by atoms with Crippen molar-refractivity contribution < 1.29 is 18.7 Å². The van der Waals surface area contributed by atoms with Gasteiger partial charge in [0.15, 0.2) is 0 Å². The molecule has 0 spiro atoms. The summed E-state index contributed by atoms with van der Waals surface area (Å²) in [4.78, 5) is 30.1. The summed E-state index contributed by atoms with van der Waals surface area (Å²) in [6.45, 7) is 3.28. The Balaban J connectivity index is 1.42. The fraction of sp³-hybridized carbons (Fsp3) is 0.200. The van der Waals surface area contributed by atoms with Gasteiger partial charge < -0.3 is 19.1 Å². The van der Waals surface area contributed by atoms with Crippen molar-refractivity contribution in [3.05, 3.63) is 105 Å². The van der Waals surface area contributed by atoms with E-state index in [1.54, 1.807) is 63.9 Å². The molecule has 4 aromatic rings. The molecule has 1 fully saturated rings. The average Bonchev–Trinajstić information content (AvgIpc) is 3.28. The lowest BCUT2D eigenvalue weighted by Crippen LogP contribution is -2.50. The Labute approximate surface area is 236 Å². The Morgan fingerprint density at radius 1 is 0.821 bits per heavy atom. The van der Waals surface area contributed by atoms with E-state index in [-0.39, 0.29) is 11.8 Å². The van der Waals surface area contributed by atoms with Gasteiger partial charge in [-0.3, -0.25) is 9.59 Å². The highest BCUT2D eigenvalue weighted by molar-refractivity contribution is 6.35. The largest absolute Gasteiger partial charge is 0.497 e. The third kappa shape index (κ3) is 5.37. The molecule has 1 aliphatic rings. The first kappa shape index (κ1) is 26.8. The van der Waals surface area contributed by atoms with Gasteiger partial charge in [-0.1, -0.05) is 35.3 Å². The summed E-state index contributed by atoms with van der Waals surface area (Å²) in [5.74, 6) is -0.0492. The van der Waals surface area contributed by atoms with E-state index in [1.165, 1.54) is 6.07 Å². The van der Waals surface area contributed by atoms with Crippen LogP contribution < -0.4 is 4.74 Å². The van der Waals surface area contributed by atoms with Crippen LogP contribution in [0.15, 0.2) is 72.8 Å². The highest BCUT2D eigenvalue weighted by atomic mass is 35.5. The van der Waals surface area contributed by atoms with Crippen LogP contribution in [-0.2, 0) is 0 Å². The number of piperazine rings is 1. The number of hydrogen-bond acceptors (Lipinski definition) is 3. The van der Waals surface area contributed by atoms with Crippen LogP contribution in [-0.4, -0.2) is 59.5 Å². The van der Waals surface area contributed by atoms with E-state index in [2.05, 4.69) is 0 Å². The molecular formula is C30H26Cl2FN3O3. The van der Waals surface area contributed by atoms with Crippen LogP contribution >= 0.6 is 23.2 Å². The molecule has 5 rings (SSSR count). The summed E-state index contributed by atoms with van der Waals surface area (Å²) in [6, 6.07) is 20.5. The lowest BCUT2D eigenvalue weighted by atomic mass is 10.1. The van der Waals surface area contributed by atoms with Crippen molar-refractivity contribution >= 4 is 35.0 Å². The maximum atomic E-state index is 15.0. The molecule has 2 heterocycles. The number of methoxy groups -OCH3 is 1. The van der Waals surface area contributed by atoms with Crippen LogP contribution in [0.5, 0.6) is 5.75 Å². The van der Waals surface area contributed by atoms with E-state index in [0.717, 1.165) is 5.56 Å². The summed E-state index contributed by atoms with van der Waals surface area (Å²) in [5.41, 5.74) is 3.38. The van der Waals surface area contributed by atoms with Crippen molar-refractivity contribution in [1.82, 2.24) is 14.4 Å². The smallest absolute Gasteiger partial charge is 0.255 e. The molecule has 0 saturated carbocycles. The van der Waals surface area contributed by atoms with Crippen molar-refractivity contribution in [2.75, 3.05) is 33.3 Å². The van der Waals surface area contributed by atoms with Gasteiger partial charge in [0, 0.05) is 47.5 Å². The van der Waals surface area contributed by atoms with Gasteiger partial charge in [0.2, 0.25) is 0 Å². The van der Waals surface area contributed by atoms with Crippen LogP contribution in [0.2, 0.25) is 10.0 Å². The van der Waals surface area contributed by atoms with Crippen LogP contribution in [0.4, 0.5) is 4.39 Å². The maximum Gasteiger partial charge on any atom is 0.255 e. The number of para-hydroxylation sites is 1. The monoisotopic (exact) mass is 565 g/mol. The zero-order valence-electron chi connectivity index (χ0n) is 21.5. The second-order valence-electron chi connectivity index (χ2n) is 9.29. The Hall–Kier alpha value is -3.81. The molecule has 0 radical (unpaired) electrons. The lowest BCUT2D eigenvalue weighted by molar-refractivity contribution is 0.0535. The van der Waals surface area contributed by atoms with Crippen molar-refractivity contribution in [1.29, 1.82) is 0 Å². The Morgan fingerprint density at radius 3 is 2.00 bits per heavy atom. The molecule has 1 aromatic heterocycles. The van der Waals surface area contributed by atoms with Crippen LogP contribution in [0.25, 0.3) is 16.9 Å². The minimum Gasteiger partial charge on any atom is -0.497 e. The zero-order chi connectivity index (χ0) is 27.7. The molecule has 1 aliphatic heterocycles. The predicted octanol–water partition coefficient (Wildman–Crippen LogP) is 6.51. The SMILES string of the molecule is COc1ccc(-c2cc(C(=O)N3CCN(C(=O)c4cc(Cl)cc(Cl)c4)CC3)c(C)n2-c2ccccc2F)cc1. The van der Waals surface area contributed by atoms with Gasteiger partial charge in [0.05, 0.1) is 24.1 Å². The minimum atomic E-state index is -0.391. The fourth-order valence-corrected chi connectivity index (χ4v) is 5.41. The number of halogens is 3. The van der Waals surface area contributed by atoms with Gasteiger partial charge in [-0.2, -0.15) is 0 Å². The van der Waals surface area contributed by atoms with Gasteiger partial charge in [0.25, 0.3) is 11.8 Å². The maximum absolute atomic E-state index is 15.0. The van der Waals surface area contributed by atoms with Crippen molar-refractivity contribution in [3.8, 4) is 22.7 Å². The number of carbonyl (C=O) groups excluding carboxylic acids is 2. The first-order valence-corrected chi connectivity index (χ1v) is 13.2. The molecule has 0 atom stereocenters. The minimum absolute atomic E-state index is 0.171. The molecule has 200 valence electrons. The normalized spacial score (nSPS) is 13.5. The van der Waals surface area contributed by atoms with Gasteiger partial charge in [-0.25, -0.2) is 4.39 Å². The molecule has 3 aromatic carbocycles. The summed E-state index contributed by atoms with van der Waals surface area (Å²) >= 11 is 12.1. The van der Waals surface area contributed by atoms with Gasteiger partial charge >= 0.3 is 0 Å². The van der Waals surface area contributed by atoms with Crippen molar-refractivity contribution in [2.45, 2.75) is 6.92 Å². The number of amides is 2. The summed E-state index contributed by atoms with van der Waals surface area (Å²) < 4.78 is 22.0. The molecule has 0 unspecified atom stereocenters. The van der Waals surface area contributed by atoms with E-state index in [9.17, 15) is 14.0 Å². The highest BCUT2D eigenvalue weighted by Crippen LogP contribution is 2.32. The van der Waals surface area contributed by atoms with E-state index < -0.39 is 5.82 Å². The molecule has 1 saturated heterocycles. The number of carbonyl (C=O) groups is 2. The van der Waals surface area contributed by atoms with E-state index >= 15 is 0 Å². The number of aromatic nitrogens is 1. The molecule has 9 heteroatoms. The Morgan fingerprint density at radius 2 is 1.41 bits per heavy atom. The zero-order valence-corrected chi connectivity index (χ0v) is 23.0. The van der Waals surface area contributed by atoms with Gasteiger partial charge in [-0.15, -0.1) is 0 Å². The Bertz CT molecular complexity index is 1520. The first-order chi connectivity index (χ1) is 18.8. The lowest BCUT2D eigenvalue weighted by Gasteiger charge is -2.35. The van der Waals surface area contributed by atoms with Crippen LogP contribution in [0, 0.1) is 12.7 Å². The average molecular weight is 566 g/mol. The number of nitrogens with zero attached hydrogens (tertiary/aromatic N) is 3. The molecule has 0 bridgehead atoms. The third-order valence-corrected chi connectivity index (χ3v) is 7.36. The molecule has 0 N–H and O–H groups in total. The molecule has 6 nitrogen and oxygen atoms in total. The van der Waals surface area contributed by atoms with Crippen molar-refractivity contribution in [3.63, 3.8) is 0 Å². The van der Waals surface area contributed by atoms with Crippen LogP contribution in [0.3, 0.4) is 0 Å². The number of rotatable bonds is 5. The number of hydrogen-bond donors (Lipinski definition) is 0. The van der Waals surface area contributed by atoms with E-state index in [1.807, 2.05) is 31.2 Å². The van der Waals surface area contributed by atoms with Crippen LogP contribution in [0.1, 0.15) is 26.4 Å². The standard InChI is InChI=1S/C30H26Cl2FN3O3/c1-19-25(30(38)35-13-11-34(12-14-35)29(37)21-15-22(31)17-23(32)16-21)18-28(20-7-9-24(39-2)10-8-20)36(19)27-6-4-3-5-26(27)33/h3-10,15-18H,11-14H2,1-2H3. The number of benzene rings is 3. The van der Waals surface area contributed by atoms with Gasteiger partial charge in [-0.05, 0) is 73.2 Å². The molecule has 0 aliphatic carbocycles. The summed E-state index contributed by atoms with van der Waals surface area (Å²) in [6.07, 6.45) is 0. The molecule has 39 heavy (non-hydrogen) atoms. The fourth-order valence-electron chi connectivity index (χ4n) is 4.88. The number of ether oxygens (including phenoxy) is 1. The van der Waals surface area contributed by atoms with Crippen molar-refractivity contribution in [2.24, 2.45) is 0 Å². The topological polar surface area (TPSA) is 54.8 Å². The predicted molar refractivity (Wildman–Crippen MR) is 151 cm³/mol. The highest BCUT2D eigenvalue weighted by Gasteiger charge is 2.29. The second kappa shape index (κ2) is 11.1. The summed E-state index contributed by atoms with van der Waals surface area (Å²) in [5, 5.41) is 0.782. The molecule has 2 amide bonds.